The summed E-state index contributed by atoms with van der Waals surface area (Å²) in [5, 5.41) is 15.9. The van der Waals surface area contributed by atoms with E-state index in [0.717, 1.165) is 19.1 Å². The van der Waals surface area contributed by atoms with Gasteiger partial charge in [0.2, 0.25) is 0 Å². The van der Waals surface area contributed by atoms with Crippen LogP contribution in [0.5, 0.6) is 5.75 Å². The average Bonchev–Trinajstić information content (AvgIpc) is 3.13. The van der Waals surface area contributed by atoms with E-state index in [9.17, 15) is 27.6 Å². The summed E-state index contributed by atoms with van der Waals surface area (Å²) in [7, 11) is -0.444. The number of nitrogens with zero attached hydrogens (tertiary/aromatic N) is 3. The fourth-order valence-corrected chi connectivity index (χ4v) is 3.06. The van der Waals surface area contributed by atoms with E-state index in [2.05, 4.69) is 10.4 Å². The zero-order chi connectivity index (χ0) is 25.0. The van der Waals surface area contributed by atoms with E-state index < -0.39 is 31.0 Å². The molecule has 0 fully saturated rings. The summed E-state index contributed by atoms with van der Waals surface area (Å²) in [5.41, 5.74) is 6.48. The molecule has 1 atom stereocenters. The van der Waals surface area contributed by atoms with Crippen molar-refractivity contribution in [3.8, 4) is 23.1 Å². The second-order valence-corrected chi connectivity index (χ2v) is 7.05. The number of halogens is 4. The van der Waals surface area contributed by atoms with Gasteiger partial charge in [-0.2, -0.15) is 23.5 Å². The number of aromatic nitrogens is 2. The van der Waals surface area contributed by atoms with Gasteiger partial charge in [-0.05, 0) is 30.7 Å². The molecule has 172 valence electrons. The van der Waals surface area contributed by atoms with Crippen LogP contribution in [0.4, 0.5) is 23.4 Å². The summed E-state index contributed by atoms with van der Waals surface area (Å²) in [6.45, 7) is 0.932. The Balaban J connectivity index is 1.79. The van der Waals surface area contributed by atoms with E-state index in [1.54, 1.807) is 18.2 Å². The van der Waals surface area contributed by atoms with Gasteiger partial charge in [0.25, 0.3) is 5.91 Å². The Bertz CT molecular complexity index is 1240. The van der Waals surface area contributed by atoms with E-state index in [0.29, 0.717) is 15.8 Å². The van der Waals surface area contributed by atoms with Gasteiger partial charge in [0.15, 0.2) is 0 Å². The third-order valence-corrected chi connectivity index (χ3v) is 4.92. The standard InChI is InChI=1S/C22H19F4N5O2/c1-12(22(24,25)26)31-20(28)17(10-27)19(30-31)14-5-3-13(4-6-14)11-29-21(32)16-9-15(23)7-8-18(16)33-2/h3-9,12H,11,28H2,1-2H3,(H,29,32)/i2D. The first-order chi connectivity index (χ1) is 16.1. The lowest BCUT2D eigenvalue weighted by molar-refractivity contribution is -0.164. The molecule has 3 rings (SSSR count). The van der Waals surface area contributed by atoms with Gasteiger partial charge in [0.1, 0.15) is 40.8 Å². The molecule has 0 bridgehead atoms. The first-order valence-corrected chi connectivity index (χ1v) is 9.50. The lowest BCUT2D eigenvalue weighted by Crippen LogP contribution is -2.25. The quantitative estimate of drug-likeness (QED) is 0.534. The fraction of sp³-hybridized carbons (Fsp3) is 0.227. The molecule has 0 radical (unpaired) electrons. The van der Waals surface area contributed by atoms with Crippen LogP contribution in [0.1, 0.15) is 35.8 Å². The number of hydrogen-bond donors (Lipinski definition) is 2. The molecule has 3 N–H and O–H groups in total. The fourth-order valence-electron chi connectivity index (χ4n) is 3.06. The predicted molar refractivity (Wildman–Crippen MR) is 112 cm³/mol. The molecule has 0 saturated heterocycles. The van der Waals surface area contributed by atoms with Gasteiger partial charge in [-0.15, -0.1) is 0 Å². The predicted octanol–water partition coefficient (Wildman–Crippen LogP) is 4.20. The van der Waals surface area contributed by atoms with Gasteiger partial charge in [-0.1, -0.05) is 24.3 Å². The summed E-state index contributed by atoms with van der Waals surface area (Å²) in [5.74, 6) is -1.58. The first kappa shape index (κ1) is 22.1. The van der Waals surface area contributed by atoms with Gasteiger partial charge < -0.3 is 15.8 Å². The van der Waals surface area contributed by atoms with E-state index in [1.165, 1.54) is 18.2 Å². The lowest BCUT2D eigenvalue weighted by Gasteiger charge is -2.17. The zero-order valence-corrected chi connectivity index (χ0v) is 17.3. The van der Waals surface area contributed by atoms with Crippen molar-refractivity contribution >= 4 is 11.7 Å². The number of carbonyl (C=O) groups is 1. The highest BCUT2D eigenvalue weighted by atomic mass is 19.4. The molecule has 2 aromatic carbocycles. The second-order valence-electron chi connectivity index (χ2n) is 7.05. The van der Waals surface area contributed by atoms with Crippen LogP contribution in [0, 0.1) is 17.1 Å². The molecule has 1 aromatic heterocycles. The maximum Gasteiger partial charge on any atom is 0.410 e. The molecule has 3 aromatic rings. The van der Waals surface area contributed by atoms with Crippen molar-refractivity contribution in [3.63, 3.8) is 0 Å². The van der Waals surface area contributed by atoms with Crippen molar-refractivity contribution < 1.29 is 28.5 Å². The number of anilines is 1. The number of methoxy groups -OCH3 is 1. The van der Waals surface area contributed by atoms with Crippen LogP contribution in [0.2, 0.25) is 0 Å². The van der Waals surface area contributed by atoms with Crippen molar-refractivity contribution in [1.29, 1.82) is 5.26 Å². The third kappa shape index (κ3) is 4.90. The van der Waals surface area contributed by atoms with Crippen molar-refractivity contribution in [1.82, 2.24) is 15.1 Å². The van der Waals surface area contributed by atoms with E-state index in [-0.39, 0.29) is 34.9 Å². The Morgan fingerprint density at radius 2 is 2.03 bits per heavy atom. The Labute approximate surface area is 187 Å². The van der Waals surface area contributed by atoms with Crippen LogP contribution in [-0.2, 0) is 6.54 Å². The normalized spacial score (nSPS) is 12.5. The highest BCUT2D eigenvalue weighted by molar-refractivity contribution is 5.96. The minimum Gasteiger partial charge on any atom is -0.496 e. The molecule has 0 aliphatic carbocycles. The Morgan fingerprint density at radius 3 is 2.64 bits per heavy atom. The summed E-state index contributed by atoms with van der Waals surface area (Å²) in [6, 6.07) is 9.38. The Hall–Kier alpha value is -4.07. The molecule has 0 saturated carbocycles. The van der Waals surface area contributed by atoms with Crippen LogP contribution in [0.15, 0.2) is 42.5 Å². The van der Waals surface area contributed by atoms with Gasteiger partial charge in [0.05, 0.1) is 14.0 Å². The maximum atomic E-state index is 13.5. The number of nitrogens with two attached hydrogens (primary N) is 1. The van der Waals surface area contributed by atoms with Gasteiger partial charge in [-0.3, -0.25) is 4.79 Å². The number of carbonyl (C=O) groups excluding carboxylic acids is 1. The maximum absolute atomic E-state index is 13.5. The highest BCUT2D eigenvalue weighted by Crippen LogP contribution is 2.35. The number of nitrogens with one attached hydrogen (secondary N) is 1. The molecular formula is C22H19F4N5O2. The third-order valence-electron chi connectivity index (χ3n) is 4.92. The van der Waals surface area contributed by atoms with E-state index in [1.807, 2.05) is 0 Å². The second kappa shape index (κ2) is 9.20. The number of nitrogen functional groups attached to an aromatic ring is 1. The van der Waals surface area contributed by atoms with Crippen molar-refractivity contribution in [2.75, 3.05) is 12.8 Å². The smallest absolute Gasteiger partial charge is 0.410 e. The van der Waals surface area contributed by atoms with Crippen LogP contribution >= 0.6 is 0 Å². The molecule has 1 heterocycles. The average molecular weight is 462 g/mol. The lowest BCUT2D eigenvalue weighted by atomic mass is 10.1. The van der Waals surface area contributed by atoms with Crippen molar-refractivity contribution in [3.05, 3.63) is 65.0 Å². The van der Waals surface area contributed by atoms with E-state index >= 15 is 0 Å². The van der Waals surface area contributed by atoms with Crippen LogP contribution in [-0.4, -0.2) is 28.9 Å². The van der Waals surface area contributed by atoms with Crippen LogP contribution in [0.25, 0.3) is 11.3 Å². The molecule has 1 unspecified atom stereocenters. The summed E-state index contributed by atoms with van der Waals surface area (Å²) in [4.78, 5) is 12.4. The summed E-state index contributed by atoms with van der Waals surface area (Å²) in [6.07, 6.45) is -4.60. The number of amides is 1. The topological polar surface area (TPSA) is 106 Å². The molecule has 0 spiro atoms. The van der Waals surface area contributed by atoms with E-state index in [4.69, 9.17) is 11.8 Å². The number of ether oxygens (including phenoxy) is 1. The number of nitriles is 1. The first-order valence-electron chi connectivity index (χ1n) is 10.2. The number of benzene rings is 2. The Morgan fingerprint density at radius 1 is 1.33 bits per heavy atom. The Kier molecular flexibility index (Phi) is 6.17. The van der Waals surface area contributed by atoms with Crippen molar-refractivity contribution in [2.45, 2.75) is 25.7 Å². The van der Waals surface area contributed by atoms with Gasteiger partial charge in [-0.25, -0.2) is 9.07 Å². The molecule has 0 aliphatic heterocycles. The summed E-state index contributed by atoms with van der Waals surface area (Å²) >= 11 is 0. The molecule has 11 heteroatoms. The monoisotopic (exact) mass is 462 g/mol. The minimum atomic E-state index is -4.60. The molecule has 1 amide bonds. The minimum absolute atomic E-state index is 0.00336. The largest absolute Gasteiger partial charge is 0.496 e. The summed E-state index contributed by atoms with van der Waals surface area (Å²) < 4.78 is 65.6. The number of rotatable bonds is 6. The van der Waals surface area contributed by atoms with Crippen molar-refractivity contribution in [2.24, 2.45) is 0 Å². The molecule has 33 heavy (non-hydrogen) atoms. The number of hydrogen-bond acceptors (Lipinski definition) is 5. The number of alkyl halides is 3. The van der Waals surface area contributed by atoms with Crippen LogP contribution in [0.3, 0.4) is 0 Å². The van der Waals surface area contributed by atoms with Gasteiger partial charge >= 0.3 is 6.18 Å². The van der Waals surface area contributed by atoms with Gasteiger partial charge in [0, 0.05) is 12.1 Å². The highest BCUT2D eigenvalue weighted by Gasteiger charge is 2.40. The molecule has 0 aliphatic rings. The molecular weight excluding hydrogens is 442 g/mol. The zero-order valence-electron chi connectivity index (χ0n) is 18.3. The SMILES string of the molecule is [2H]COc1ccc(F)cc1C(=O)NCc1ccc(-c2nn(C(C)C(F)(F)F)c(N)c2C#N)cc1. The molecule has 7 nitrogen and oxygen atoms in total. The van der Waals surface area contributed by atoms with Crippen LogP contribution < -0.4 is 15.8 Å².